The van der Waals surface area contributed by atoms with E-state index in [9.17, 15) is 9.18 Å². The summed E-state index contributed by atoms with van der Waals surface area (Å²) in [5.74, 6) is -1.80. The van der Waals surface area contributed by atoms with Crippen molar-refractivity contribution in [2.75, 3.05) is 0 Å². The molecule has 0 fully saturated rings. The van der Waals surface area contributed by atoms with Gasteiger partial charge >= 0.3 is 5.97 Å². The predicted octanol–water partition coefficient (Wildman–Crippen LogP) is 2.35. The fourth-order valence-corrected chi connectivity index (χ4v) is 1.83. The fraction of sp³-hybridized carbons (Fsp3) is 0.333. The first kappa shape index (κ1) is 10.1. The molecule has 0 amide bonds. The maximum absolute atomic E-state index is 12.9. The molecule has 0 aliphatic heterocycles. The molecular formula is C9H10FO2S+. The zero-order valence-corrected chi connectivity index (χ0v) is 7.97. The molecule has 0 radical (unpaired) electrons. The number of thiophene rings is 1. The monoisotopic (exact) mass is 201 g/mol. The van der Waals surface area contributed by atoms with Crippen LogP contribution in [0.1, 0.15) is 11.8 Å². The van der Waals surface area contributed by atoms with Crippen molar-refractivity contribution in [1.29, 1.82) is 0 Å². The summed E-state index contributed by atoms with van der Waals surface area (Å²) in [5.41, 5.74) is 0. The van der Waals surface area contributed by atoms with Crippen LogP contribution in [-0.4, -0.2) is 11.1 Å². The van der Waals surface area contributed by atoms with E-state index >= 15 is 0 Å². The van der Waals surface area contributed by atoms with Gasteiger partial charge in [-0.05, 0) is 11.4 Å². The molecule has 0 spiro atoms. The van der Waals surface area contributed by atoms with Gasteiger partial charge in [0.1, 0.15) is 5.82 Å². The predicted molar refractivity (Wildman–Crippen MR) is 49.1 cm³/mol. The summed E-state index contributed by atoms with van der Waals surface area (Å²) in [6.45, 7) is 1.67. The van der Waals surface area contributed by atoms with E-state index in [0.29, 0.717) is 4.88 Å². The summed E-state index contributed by atoms with van der Waals surface area (Å²) >= 11 is 1.25. The molecule has 0 saturated carbocycles. The van der Waals surface area contributed by atoms with Crippen molar-refractivity contribution in [3.63, 3.8) is 0 Å². The average Bonchev–Trinajstić information content (AvgIpc) is 2.46. The van der Waals surface area contributed by atoms with Crippen LogP contribution in [0.3, 0.4) is 0 Å². The molecule has 13 heavy (non-hydrogen) atoms. The SMILES string of the molecule is C[CH+]C(Cc1sccc1F)C(=O)O. The molecule has 1 unspecified atom stereocenters. The molecule has 1 heterocycles. The zero-order valence-electron chi connectivity index (χ0n) is 7.16. The minimum atomic E-state index is -0.907. The molecule has 0 saturated heterocycles. The van der Waals surface area contributed by atoms with Crippen LogP contribution in [0.5, 0.6) is 0 Å². The Hall–Kier alpha value is -1.03. The second-order valence-electron chi connectivity index (χ2n) is 2.67. The first-order chi connectivity index (χ1) is 6.15. The normalized spacial score (nSPS) is 12.5. The Morgan fingerprint density at radius 3 is 2.92 bits per heavy atom. The average molecular weight is 201 g/mol. The Morgan fingerprint density at radius 2 is 2.54 bits per heavy atom. The Morgan fingerprint density at radius 1 is 1.85 bits per heavy atom. The number of rotatable bonds is 4. The van der Waals surface area contributed by atoms with Crippen LogP contribution >= 0.6 is 11.3 Å². The van der Waals surface area contributed by atoms with Gasteiger partial charge in [0, 0.05) is 11.3 Å². The number of carboxylic acid groups (broad SMARTS) is 1. The standard InChI is InChI=1S/C9H9FO2S/c1-2-6(9(11)12)5-8-7(10)3-4-13-8/h2-4,6H,5H2,1H3/p+1. The van der Waals surface area contributed by atoms with Gasteiger partial charge in [-0.15, -0.1) is 11.3 Å². The van der Waals surface area contributed by atoms with Crippen LogP contribution in [-0.2, 0) is 11.2 Å². The number of aliphatic carboxylic acids is 1. The quantitative estimate of drug-likeness (QED) is 0.759. The van der Waals surface area contributed by atoms with E-state index in [0.717, 1.165) is 0 Å². The Balaban J connectivity index is 2.67. The van der Waals surface area contributed by atoms with Crippen LogP contribution in [0.15, 0.2) is 11.4 Å². The highest BCUT2D eigenvalue weighted by atomic mass is 32.1. The molecule has 1 rings (SSSR count). The van der Waals surface area contributed by atoms with Crippen LogP contribution in [0.25, 0.3) is 0 Å². The number of hydrogen-bond donors (Lipinski definition) is 1. The van der Waals surface area contributed by atoms with Gasteiger partial charge in [0.2, 0.25) is 0 Å². The van der Waals surface area contributed by atoms with Gasteiger partial charge in [-0.1, -0.05) is 0 Å². The molecule has 0 bridgehead atoms. The van der Waals surface area contributed by atoms with E-state index < -0.39 is 11.9 Å². The molecule has 0 aliphatic rings. The van der Waals surface area contributed by atoms with Crippen molar-refractivity contribution >= 4 is 17.3 Å². The molecule has 2 nitrogen and oxygen atoms in total. The minimum Gasteiger partial charge on any atom is -0.478 e. The van der Waals surface area contributed by atoms with Crippen LogP contribution in [0, 0.1) is 18.2 Å². The number of carbonyl (C=O) groups is 1. The highest BCUT2D eigenvalue weighted by Crippen LogP contribution is 2.20. The number of carboxylic acids is 1. The van der Waals surface area contributed by atoms with Crippen molar-refractivity contribution in [3.05, 3.63) is 28.6 Å². The number of halogens is 1. The lowest BCUT2D eigenvalue weighted by molar-refractivity contribution is -0.140. The zero-order chi connectivity index (χ0) is 9.84. The van der Waals surface area contributed by atoms with Crippen molar-refractivity contribution < 1.29 is 14.3 Å². The smallest absolute Gasteiger partial charge is 0.352 e. The van der Waals surface area contributed by atoms with E-state index in [-0.39, 0.29) is 12.2 Å². The Kier molecular flexibility index (Phi) is 3.31. The van der Waals surface area contributed by atoms with Gasteiger partial charge in [0.25, 0.3) is 0 Å². The van der Waals surface area contributed by atoms with Gasteiger partial charge in [-0.25, -0.2) is 9.18 Å². The highest BCUT2D eigenvalue weighted by Gasteiger charge is 2.25. The third kappa shape index (κ3) is 2.45. The summed E-state index contributed by atoms with van der Waals surface area (Å²) in [4.78, 5) is 11.1. The van der Waals surface area contributed by atoms with E-state index in [1.54, 1.807) is 18.7 Å². The molecule has 1 aromatic heterocycles. The van der Waals surface area contributed by atoms with Gasteiger partial charge in [0.05, 0.1) is 13.3 Å². The van der Waals surface area contributed by atoms with Crippen molar-refractivity contribution in [2.45, 2.75) is 13.3 Å². The second-order valence-corrected chi connectivity index (χ2v) is 3.67. The van der Waals surface area contributed by atoms with Crippen molar-refractivity contribution in [2.24, 2.45) is 5.92 Å². The van der Waals surface area contributed by atoms with Crippen LogP contribution in [0.4, 0.5) is 4.39 Å². The minimum absolute atomic E-state index is 0.245. The lowest BCUT2D eigenvalue weighted by Gasteiger charge is -2.00. The molecule has 70 valence electrons. The lowest BCUT2D eigenvalue weighted by Crippen LogP contribution is -2.15. The summed E-state index contributed by atoms with van der Waals surface area (Å²) in [5, 5.41) is 10.3. The molecule has 4 heteroatoms. The second kappa shape index (κ2) is 4.28. The van der Waals surface area contributed by atoms with Gasteiger partial charge < -0.3 is 5.11 Å². The van der Waals surface area contributed by atoms with Crippen LogP contribution in [0.2, 0.25) is 0 Å². The van der Waals surface area contributed by atoms with E-state index in [2.05, 4.69) is 0 Å². The molecular weight excluding hydrogens is 191 g/mol. The van der Waals surface area contributed by atoms with Gasteiger partial charge in [-0.3, -0.25) is 0 Å². The first-order valence-corrected chi connectivity index (χ1v) is 4.77. The summed E-state index contributed by atoms with van der Waals surface area (Å²) in [6, 6.07) is 1.36. The molecule has 1 N–H and O–H groups in total. The molecule has 1 atom stereocenters. The Labute approximate surface area is 80.0 Å². The highest BCUT2D eigenvalue weighted by molar-refractivity contribution is 7.09. The largest absolute Gasteiger partial charge is 0.478 e. The Bertz CT molecular complexity index is 296. The number of hydrogen-bond acceptors (Lipinski definition) is 2. The van der Waals surface area contributed by atoms with Crippen molar-refractivity contribution in [3.8, 4) is 0 Å². The third-order valence-electron chi connectivity index (χ3n) is 1.82. The van der Waals surface area contributed by atoms with E-state index in [4.69, 9.17) is 5.11 Å². The first-order valence-electron chi connectivity index (χ1n) is 3.89. The topological polar surface area (TPSA) is 37.3 Å². The molecule has 0 aliphatic carbocycles. The summed E-state index contributed by atoms with van der Waals surface area (Å²) < 4.78 is 12.9. The third-order valence-corrected chi connectivity index (χ3v) is 2.73. The molecule has 0 aromatic carbocycles. The fourth-order valence-electron chi connectivity index (χ4n) is 1.02. The van der Waals surface area contributed by atoms with Crippen molar-refractivity contribution in [1.82, 2.24) is 0 Å². The maximum Gasteiger partial charge on any atom is 0.352 e. The van der Waals surface area contributed by atoms with Gasteiger partial charge in [0.15, 0.2) is 5.92 Å². The lowest BCUT2D eigenvalue weighted by atomic mass is 10.0. The van der Waals surface area contributed by atoms with Gasteiger partial charge in [-0.2, -0.15) is 0 Å². The van der Waals surface area contributed by atoms with E-state index in [1.165, 1.54) is 17.4 Å². The van der Waals surface area contributed by atoms with E-state index in [1.807, 2.05) is 0 Å². The maximum atomic E-state index is 12.9. The summed E-state index contributed by atoms with van der Waals surface area (Å²) in [7, 11) is 0. The van der Waals surface area contributed by atoms with Crippen LogP contribution < -0.4 is 0 Å². The molecule has 1 aromatic rings. The summed E-state index contributed by atoms with van der Waals surface area (Å²) in [6.07, 6.45) is 1.82.